The summed E-state index contributed by atoms with van der Waals surface area (Å²) in [5.74, 6) is 0.972. The van der Waals surface area contributed by atoms with Gasteiger partial charge in [0.25, 0.3) is 0 Å². The van der Waals surface area contributed by atoms with Gasteiger partial charge in [0, 0.05) is 6.21 Å². The van der Waals surface area contributed by atoms with Crippen LogP contribution in [-0.2, 0) is 0 Å². The van der Waals surface area contributed by atoms with E-state index in [9.17, 15) is 0 Å². The molecule has 0 radical (unpaired) electrons. The molecule has 1 nitrogen and oxygen atoms in total. The Kier molecular flexibility index (Phi) is 0.566. The highest BCUT2D eigenvalue weighted by atomic mass is 14.9. The van der Waals surface area contributed by atoms with Gasteiger partial charge in [-0.2, -0.15) is 0 Å². The zero-order valence-corrected chi connectivity index (χ0v) is 4.30. The monoisotopic (exact) mass is 95.1 g/mol. The van der Waals surface area contributed by atoms with Gasteiger partial charge in [-0.3, -0.25) is 4.99 Å². The second kappa shape index (κ2) is 1.09. The Hall–Kier alpha value is -0.330. The van der Waals surface area contributed by atoms with Crippen molar-refractivity contribution in [3.05, 3.63) is 0 Å². The lowest BCUT2D eigenvalue weighted by Crippen LogP contribution is -2.17. The lowest BCUT2D eigenvalue weighted by molar-refractivity contribution is 0.318. The van der Waals surface area contributed by atoms with Crippen molar-refractivity contribution in [2.24, 2.45) is 10.9 Å². The van der Waals surface area contributed by atoms with E-state index in [0.29, 0.717) is 6.04 Å². The van der Waals surface area contributed by atoms with Crippen molar-refractivity contribution < 1.29 is 0 Å². The highest BCUT2D eigenvalue weighted by Gasteiger charge is 2.30. The predicted octanol–water partition coefficient (Wildman–Crippen LogP) is 1.24. The van der Waals surface area contributed by atoms with E-state index >= 15 is 0 Å². The normalized spacial score (nSPS) is 38.0. The Labute approximate surface area is 43.4 Å². The first-order valence-corrected chi connectivity index (χ1v) is 3.00. The number of hydrogen-bond donors (Lipinski definition) is 0. The van der Waals surface area contributed by atoms with E-state index in [4.69, 9.17) is 0 Å². The minimum absolute atomic E-state index is 0.703. The lowest BCUT2D eigenvalue weighted by atomic mass is 9.82. The Balaban J connectivity index is 1.85. The minimum Gasteiger partial charge on any atom is -0.286 e. The van der Waals surface area contributed by atoms with Crippen molar-refractivity contribution in [2.45, 2.75) is 25.3 Å². The molecular weight excluding hydrogens is 86.1 g/mol. The molecule has 0 amide bonds. The maximum atomic E-state index is 4.10. The quantitative estimate of drug-likeness (QED) is 0.464. The van der Waals surface area contributed by atoms with Crippen LogP contribution in [0.4, 0.5) is 0 Å². The summed E-state index contributed by atoms with van der Waals surface area (Å²) in [6.07, 6.45) is 6.39. The van der Waals surface area contributed by atoms with Gasteiger partial charge in [0.15, 0.2) is 0 Å². The lowest BCUT2D eigenvalue weighted by Gasteiger charge is -2.23. The van der Waals surface area contributed by atoms with Crippen LogP contribution in [0.2, 0.25) is 0 Å². The van der Waals surface area contributed by atoms with E-state index in [2.05, 4.69) is 11.2 Å². The molecule has 0 spiro atoms. The van der Waals surface area contributed by atoms with E-state index in [-0.39, 0.29) is 0 Å². The number of hydrogen-bond acceptors (Lipinski definition) is 1. The van der Waals surface area contributed by atoms with E-state index in [1.807, 2.05) is 0 Å². The fourth-order valence-corrected chi connectivity index (χ4v) is 1.07. The van der Waals surface area contributed by atoms with Crippen LogP contribution in [0, 0.1) is 5.92 Å². The van der Waals surface area contributed by atoms with Gasteiger partial charge in [0.2, 0.25) is 0 Å². The fraction of sp³-hybridized carbons (Fsp3) is 0.833. The molecule has 0 aromatic heterocycles. The smallest absolute Gasteiger partial charge is 0.0871 e. The molecule has 1 heterocycles. The van der Waals surface area contributed by atoms with Crippen LogP contribution in [0.15, 0.2) is 4.99 Å². The van der Waals surface area contributed by atoms with E-state index < -0.39 is 0 Å². The van der Waals surface area contributed by atoms with E-state index in [0.717, 1.165) is 5.92 Å². The highest BCUT2D eigenvalue weighted by Crippen LogP contribution is 2.33. The summed E-state index contributed by atoms with van der Waals surface area (Å²) >= 11 is 0. The molecule has 1 fully saturated rings. The molecule has 0 aromatic carbocycles. The Bertz CT molecular complexity index is 96.7. The molecule has 38 valence electrons. The van der Waals surface area contributed by atoms with Crippen LogP contribution in [0.3, 0.4) is 0 Å². The minimum atomic E-state index is 0.703. The SMILES string of the molecule is C1=NC1C1CCC1. The number of aliphatic imine (C=N–C) groups is 1. The zero-order valence-electron chi connectivity index (χ0n) is 4.30. The third-order valence-electron chi connectivity index (χ3n) is 1.95. The van der Waals surface area contributed by atoms with Crippen molar-refractivity contribution in [1.82, 2.24) is 0 Å². The second-order valence-corrected chi connectivity index (χ2v) is 2.48. The number of nitrogens with zero attached hydrogens (tertiary/aromatic N) is 1. The van der Waals surface area contributed by atoms with Crippen LogP contribution in [0.25, 0.3) is 0 Å². The van der Waals surface area contributed by atoms with Crippen LogP contribution < -0.4 is 0 Å². The van der Waals surface area contributed by atoms with Crippen LogP contribution in [-0.4, -0.2) is 12.3 Å². The molecule has 1 heteroatoms. The van der Waals surface area contributed by atoms with Crippen molar-refractivity contribution in [2.75, 3.05) is 0 Å². The Morgan fingerprint density at radius 3 is 2.29 bits per heavy atom. The van der Waals surface area contributed by atoms with Gasteiger partial charge in [-0.05, 0) is 18.8 Å². The van der Waals surface area contributed by atoms with Crippen molar-refractivity contribution in [3.63, 3.8) is 0 Å². The first-order valence-electron chi connectivity index (χ1n) is 3.00. The van der Waals surface area contributed by atoms with Crippen LogP contribution >= 0.6 is 0 Å². The average Bonchev–Trinajstić information content (AvgIpc) is 2.10. The highest BCUT2D eigenvalue weighted by molar-refractivity contribution is 5.78. The summed E-state index contributed by atoms with van der Waals surface area (Å²) in [7, 11) is 0. The molecule has 2 rings (SSSR count). The van der Waals surface area contributed by atoms with Crippen molar-refractivity contribution >= 4 is 6.21 Å². The number of rotatable bonds is 1. The Morgan fingerprint density at radius 2 is 2.14 bits per heavy atom. The van der Waals surface area contributed by atoms with E-state index in [1.54, 1.807) is 0 Å². The summed E-state index contributed by atoms with van der Waals surface area (Å²) in [6.45, 7) is 0. The summed E-state index contributed by atoms with van der Waals surface area (Å²) in [5.41, 5.74) is 0. The molecule has 1 aliphatic carbocycles. The molecule has 0 N–H and O–H groups in total. The van der Waals surface area contributed by atoms with Gasteiger partial charge in [-0.1, -0.05) is 6.42 Å². The predicted molar refractivity (Wildman–Crippen MR) is 29.6 cm³/mol. The van der Waals surface area contributed by atoms with Gasteiger partial charge >= 0.3 is 0 Å². The molecule has 2 aliphatic rings. The van der Waals surface area contributed by atoms with Gasteiger partial charge in [-0.15, -0.1) is 0 Å². The molecule has 1 atom stereocenters. The largest absolute Gasteiger partial charge is 0.286 e. The maximum Gasteiger partial charge on any atom is 0.0871 e. The topological polar surface area (TPSA) is 12.4 Å². The fourth-order valence-electron chi connectivity index (χ4n) is 1.07. The second-order valence-electron chi connectivity index (χ2n) is 2.48. The summed E-state index contributed by atoms with van der Waals surface area (Å²) in [4.78, 5) is 4.10. The standard InChI is InChI=1S/C6H9N/c1-2-5(3-1)6-4-7-6/h4-6H,1-3H2. The van der Waals surface area contributed by atoms with Crippen molar-refractivity contribution in [3.8, 4) is 0 Å². The zero-order chi connectivity index (χ0) is 4.69. The molecule has 1 aliphatic heterocycles. The summed E-state index contributed by atoms with van der Waals surface area (Å²) < 4.78 is 0. The molecule has 1 saturated carbocycles. The molecule has 7 heavy (non-hydrogen) atoms. The maximum absolute atomic E-state index is 4.10. The first kappa shape index (κ1) is 3.65. The third-order valence-corrected chi connectivity index (χ3v) is 1.95. The van der Waals surface area contributed by atoms with Crippen LogP contribution in [0.1, 0.15) is 19.3 Å². The first-order chi connectivity index (χ1) is 3.47. The van der Waals surface area contributed by atoms with Crippen LogP contribution in [0.5, 0.6) is 0 Å². The summed E-state index contributed by atoms with van der Waals surface area (Å²) in [5, 5.41) is 0. The van der Waals surface area contributed by atoms with Gasteiger partial charge in [0.05, 0.1) is 6.04 Å². The van der Waals surface area contributed by atoms with Crippen molar-refractivity contribution in [1.29, 1.82) is 0 Å². The molecule has 0 aromatic rings. The van der Waals surface area contributed by atoms with Gasteiger partial charge in [-0.25, -0.2) is 0 Å². The molecule has 1 unspecified atom stereocenters. The van der Waals surface area contributed by atoms with E-state index in [1.165, 1.54) is 19.3 Å². The summed E-state index contributed by atoms with van der Waals surface area (Å²) in [6, 6.07) is 0.703. The molecule has 0 bridgehead atoms. The van der Waals surface area contributed by atoms with Gasteiger partial charge in [0.1, 0.15) is 0 Å². The Morgan fingerprint density at radius 1 is 1.43 bits per heavy atom. The van der Waals surface area contributed by atoms with Gasteiger partial charge < -0.3 is 0 Å². The third kappa shape index (κ3) is 0.476. The molecular formula is C6H9N. The molecule has 0 saturated heterocycles. The average molecular weight is 95.1 g/mol.